The van der Waals surface area contributed by atoms with Gasteiger partial charge in [-0.05, 0) is 26.7 Å². The molecule has 0 spiro atoms. The highest BCUT2D eigenvalue weighted by Gasteiger charge is 2.19. The number of carbonyl (C=O) groups is 2. The first-order valence-electron chi connectivity index (χ1n) is 5.18. The van der Waals surface area contributed by atoms with Crippen LogP contribution in [0.1, 0.15) is 33.6 Å². The summed E-state index contributed by atoms with van der Waals surface area (Å²) in [6.45, 7) is 5.26. The first kappa shape index (κ1) is 11.7. The van der Waals surface area contributed by atoms with Gasteiger partial charge in [-0.2, -0.15) is 0 Å². The Morgan fingerprint density at radius 3 is 2.47 bits per heavy atom. The second-order valence-corrected chi connectivity index (χ2v) is 4.02. The molecule has 0 aromatic rings. The Bertz CT molecular complexity index is 340. The van der Waals surface area contributed by atoms with Crippen molar-refractivity contribution >= 4 is 11.8 Å². The highest BCUT2D eigenvalue weighted by atomic mass is 16.2. The summed E-state index contributed by atoms with van der Waals surface area (Å²) < 4.78 is 0. The van der Waals surface area contributed by atoms with E-state index in [0.29, 0.717) is 0 Å². The molecular formula is C12H17NO2. The number of carbonyl (C=O) groups excluding carboxylic acids is 2. The molecule has 1 rings (SSSR count). The van der Waals surface area contributed by atoms with Gasteiger partial charge in [-0.15, -0.1) is 0 Å². The van der Waals surface area contributed by atoms with Crippen molar-refractivity contribution in [3.63, 3.8) is 0 Å². The number of imide groups is 1. The summed E-state index contributed by atoms with van der Waals surface area (Å²) in [6, 6.07) is 0. The van der Waals surface area contributed by atoms with E-state index in [9.17, 15) is 9.59 Å². The Balaban J connectivity index is 2.65. The van der Waals surface area contributed by atoms with Crippen LogP contribution in [-0.4, -0.2) is 11.8 Å². The topological polar surface area (TPSA) is 46.2 Å². The molecule has 0 saturated heterocycles. The Kier molecular flexibility index (Phi) is 3.83. The number of hydrogen-bond donors (Lipinski definition) is 1. The average Bonchev–Trinajstić information content (AvgIpc) is 2.17. The maximum atomic E-state index is 11.5. The lowest BCUT2D eigenvalue weighted by Crippen LogP contribution is -2.33. The van der Waals surface area contributed by atoms with Crippen LogP contribution in [0.2, 0.25) is 0 Å². The maximum absolute atomic E-state index is 11.5. The molecule has 1 unspecified atom stereocenters. The first-order chi connectivity index (χ1) is 7.00. The summed E-state index contributed by atoms with van der Waals surface area (Å²) >= 11 is 0. The quantitative estimate of drug-likeness (QED) is 0.752. The first-order valence-corrected chi connectivity index (χ1v) is 5.18. The van der Waals surface area contributed by atoms with Crippen molar-refractivity contribution in [1.82, 2.24) is 5.32 Å². The van der Waals surface area contributed by atoms with Crippen LogP contribution < -0.4 is 5.32 Å². The lowest BCUT2D eigenvalue weighted by molar-refractivity contribution is -0.130. The van der Waals surface area contributed by atoms with Gasteiger partial charge in [0, 0.05) is 6.92 Å². The van der Waals surface area contributed by atoms with Gasteiger partial charge in [0.15, 0.2) is 0 Å². The minimum atomic E-state index is -0.296. The smallest absolute Gasteiger partial charge is 0.233 e. The highest BCUT2D eigenvalue weighted by molar-refractivity contribution is 5.96. The molecule has 1 aliphatic carbocycles. The molecule has 3 heteroatoms. The predicted molar refractivity (Wildman–Crippen MR) is 59.1 cm³/mol. The SMILES string of the molecule is CC(=O)NC(=O)C(C)C1=CC=C(C)CC1. The van der Waals surface area contributed by atoms with Crippen molar-refractivity contribution in [2.75, 3.05) is 0 Å². The monoisotopic (exact) mass is 207 g/mol. The molecule has 0 aliphatic heterocycles. The van der Waals surface area contributed by atoms with Crippen LogP contribution in [-0.2, 0) is 9.59 Å². The van der Waals surface area contributed by atoms with Crippen molar-refractivity contribution in [3.8, 4) is 0 Å². The van der Waals surface area contributed by atoms with Crippen LogP contribution in [0.15, 0.2) is 23.3 Å². The summed E-state index contributed by atoms with van der Waals surface area (Å²) in [7, 11) is 0. The maximum Gasteiger partial charge on any atom is 0.233 e. The van der Waals surface area contributed by atoms with Gasteiger partial charge in [0.25, 0.3) is 0 Å². The van der Waals surface area contributed by atoms with Gasteiger partial charge >= 0.3 is 0 Å². The fourth-order valence-electron chi connectivity index (χ4n) is 1.57. The molecule has 0 heterocycles. The highest BCUT2D eigenvalue weighted by Crippen LogP contribution is 2.23. The van der Waals surface area contributed by atoms with E-state index in [-0.39, 0.29) is 17.7 Å². The molecule has 0 fully saturated rings. The third kappa shape index (κ3) is 3.35. The molecular weight excluding hydrogens is 190 g/mol. The van der Waals surface area contributed by atoms with Crippen LogP contribution in [0, 0.1) is 5.92 Å². The van der Waals surface area contributed by atoms with E-state index in [1.807, 2.05) is 19.1 Å². The fourth-order valence-corrected chi connectivity index (χ4v) is 1.57. The summed E-state index contributed by atoms with van der Waals surface area (Å²) in [5.74, 6) is -0.713. The van der Waals surface area contributed by atoms with Crippen molar-refractivity contribution < 1.29 is 9.59 Å². The summed E-state index contributed by atoms with van der Waals surface area (Å²) in [5.41, 5.74) is 2.43. The van der Waals surface area contributed by atoms with E-state index >= 15 is 0 Å². The largest absolute Gasteiger partial charge is 0.296 e. The van der Waals surface area contributed by atoms with E-state index < -0.39 is 0 Å². The van der Waals surface area contributed by atoms with Crippen molar-refractivity contribution in [2.24, 2.45) is 5.92 Å². The third-order valence-electron chi connectivity index (χ3n) is 2.64. The number of rotatable bonds is 2. The summed E-state index contributed by atoms with van der Waals surface area (Å²) in [6.07, 6.45) is 5.94. The van der Waals surface area contributed by atoms with Crippen LogP contribution in [0.5, 0.6) is 0 Å². The Morgan fingerprint density at radius 2 is 2.00 bits per heavy atom. The van der Waals surface area contributed by atoms with Crippen LogP contribution >= 0.6 is 0 Å². The molecule has 1 aliphatic rings. The molecule has 0 aromatic heterocycles. The lowest BCUT2D eigenvalue weighted by Gasteiger charge is -2.17. The van der Waals surface area contributed by atoms with Gasteiger partial charge < -0.3 is 0 Å². The minimum absolute atomic E-state index is 0.207. The van der Waals surface area contributed by atoms with Gasteiger partial charge in [0.1, 0.15) is 0 Å². The zero-order valence-corrected chi connectivity index (χ0v) is 9.46. The molecule has 82 valence electrons. The number of amides is 2. The normalized spacial score (nSPS) is 17.5. The fraction of sp³-hybridized carbons (Fsp3) is 0.500. The van der Waals surface area contributed by atoms with E-state index in [2.05, 4.69) is 12.2 Å². The van der Waals surface area contributed by atoms with Gasteiger partial charge in [-0.3, -0.25) is 14.9 Å². The van der Waals surface area contributed by atoms with Crippen LogP contribution in [0.4, 0.5) is 0 Å². The van der Waals surface area contributed by atoms with Crippen molar-refractivity contribution in [3.05, 3.63) is 23.3 Å². The van der Waals surface area contributed by atoms with Gasteiger partial charge in [0.05, 0.1) is 5.92 Å². The molecule has 15 heavy (non-hydrogen) atoms. The molecule has 1 N–H and O–H groups in total. The van der Waals surface area contributed by atoms with Crippen LogP contribution in [0.3, 0.4) is 0 Å². The molecule has 0 aromatic carbocycles. The Labute approximate surface area is 90.2 Å². The van der Waals surface area contributed by atoms with E-state index in [1.165, 1.54) is 12.5 Å². The Hall–Kier alpha value is -1.38. The molecule has 0 bridgehead atoms. The van der Waals surface area contributed by atoms with Crippen molar-refractivity contribution in [1.29, 1.82) is 0 Å². The van der Waals surface area contributed by atoms with Crippen molar-refractivity contribution in [2.45, 2.75) is 33.6 Å². The molecule has 1 atom stereocenters. The number of nitrogens with one attached hydrogen (secondary N) is 1. The van der Waals surface area contributed by atoms with E-state index in [0.717, 1.165) is 18.4 Å². The summed E-state index contributed by atoms with van der Waals surface area (Å²) in [4.78, 5) is 22.3. The van der Waals surface area contributed by atoms with E-state index in [1.54, 1.807) is 0 Å². The number of allylic oxidation sites excluding steroid dienone is 3. The second kappa shape index (κ2) is 4.91. The van der Waals surface area contributed by atoms with E-state index in [4.69, 9.17) is 0 Å². The minimum Gasteiger partial charge on any atom is -0.296 e. The van der Waals surface area contributed by atoms with Gasteiger partial charge in [-0.25, -0.2) is 0 Å². The molecule has 3 nitrogen and oxygen atoms in total. The predicted octanol–water partition coefficient (Wildman–Crippen LogP) is 1.95. The summed E-state index contributed by atoms with van der Waals surface area (Å²) in [5, 5.41) is 2.31. The number of hydrogen-bond acceptors (Lipinski definition) is 2. The van der Waals surface area contributed by atoms with Crippen LogP contribution in [0.25, 0.3) is 0 Å². The molecule has 0 radical (unpaired) electrons. The Morgan fingerprint density at radius 1 is 1.33 bits per heavy atom. The lowest BCUT2D eigenvalue weighted by atomic mass is 9.90. The molecule has 2 amide bonds. The second-order valence-electron chi connectivity index (χ2n) is 4.02. The zero-order valence-electron chi connectivity index (χ0n) is 9.46. The molecule has 0 saturated carbocycles. The van der Waals surface area contributed by atoms with Gasteiger partial charge in [0.2, 0.25) is 11.8 Å². The standard InChI is InChI=1S/C12H17NO2/c1-8-4-6-11(7-5-8)9(2)12(15)13-10(3)14/h4,6,9H,5,7H2,1-3H3,(H,13,14,15). The third-order valence-corrected chi connectivity index (χ3v) is 2.64. The van der Waals surface area contributed by atoms with Gasteiger partial charge in [-0.1, -0.05) is 23.3 Å². The zero-order chi connectivity index (χ0) is 11.4. The average molecular weight is 207 g/mol.